The molecule has 3 rings (SSSR count). The van der Waals surface area contributed by atoms with Crippen molar-refractivity contribution in [2.75, 3.05) is 0 Å². The van der Waals surface area contributed by atoms with Gasteiger partial charge < -0.3 is 10.4 Å². The van der Waals surface area contributed by atoms with E-state index in [1.807, 2.05) is 18.2 Å². The number of hydrogen-bond donors (Lipinski definition) is 2. The number of carboxylic acids is 1. The van der Waals surface area contributed by atoms with Crippen LogP contribution in [-0.2, 0) is 16.0 Å². The molecule has 0 saturated heterocycles. The largest absolute Gasteiger partial charge is 0.481 e. The highest BCUT2D eigenvalue weighted by Gasteiger charge is 2.49. The maximum absolute atomic E-state index is 12.1. The molecule has 1 aromatic rings. The number of carbonyl (C=O) groups excluding carboxylic acids is 1. The van der Waals surface area contributed by atoms with Crippen LogP contribution >= 0.6 is 0 Å². The van der Waals surface area contributed by atoms with Crippen molar-refractivity contribution in [2.24, 2.45) is 17.8 Å². The van der Waals surface area contributed by atoms with E-state index in [-0.39, 0.29) is 17.9 Å². The fourth-order valence-electron chi connectivity index (χ4n) is 3.44. The number of benzene rings is 1. The van der Waals surface area contributed by atoms with E-state index in [0.29, 0.717) is 12.3 Å². The zero-order valence-corrected chi connectivity index (χ0v) is 12.0. The van der Waals surface area contributed by atoms with Gasteiger partial charge in [0.1, 0.15) is 0 Å². The number of hydrogen-bond acceptors (Lipinski definition) is 2. The molecule has 2 saturated carbocycles. The molecule has 21 heavy (non-hydrogen) atoms. The Bertz CT molecular complexity index is 528. The Morgan fingerprint density at radius 3 is 2.57 bits per heavy atom. The summed E-state index contributed by atoms with van der Waals surface area (Å²) in [5.74, 6) is -1.20. The van der Waals surface area contributed by atoms with Crippen molar-refractivity contribution >= 4 is 11.9 Å². The third-order valence-electron chi connectivity index (χ3n) is 4.77. The van der Waals surface area contributed by atoms with Crippen LogP contribution in [0.2, 0.25) is 0 Å². The van der Waals surface area contributed by atoms with Gasteiger partial charge in [-0.3, -0.25) is 9.59 Å². The molecular weight excluding hydrogens is 266 g/mol. The summed E-state index contributed by atoms with van der Waals surface area (Å²) >= 11 is 0. The summed E-state index contributed by atoms with van der Waals surface area (Å²) < 4.78 is 0. The second-order valence-corrected chi connectivity index (χ2v) is 6.28. The Morgan fingerprint density at radius 1 is 1.14 bits per heavy atom. The molecule has 4 nitrogen and oxygen atoms in total. The lowest BCUT2D eigenvalue weighted by atomic mass is 9.94. The number of amides is 1. The van der Waals surface area contributed by atoms with Crippen LogP contribution in [0.3, 0.4) is 0 Å². The molecule has 112 valence electrons. The van der Waals surface area contributed by atoms with Crippen LogP contribution in [0.25, 0.3) is 0 Å². The predicted octanol–water partition coefficient (Wildman–Crippen LogP) is 2.23. The van der Waals surface area contributed by atoms with Gasteiger partial charge in [-0.25, -0.2) is 0 Å². The fourth-order valence-corrected chi connectivity index (χ4v) is 3.44. The average Bonchev–Trinajstić information content (AvgIpc) is 3.18. The van der Waals surface area contributed by atoms with Crippen molar-refractivity contribution in [3.8, 4) is 0 Å². The van der Waals surface area contributed by atoms with Gasteiger partial charge in [0.15, 0.2) is 0 Å². The van der Waals surface area contributed by atoms with Gasteiger partial charge in [-0.15, -0.1) is 0 Å². The zero-order chi connectivity index (χ0) is 14.8. The van der Waals surface area contributed by atoms with E-state index in [2.05, 4.69) is 17.4 Å². The first-order chi connectivity index (χ1) is 10.1. The summed E-state index contributed by atoms with van der Waals surface area (Å²) in [5, 5.41) is 12.0. The number of aliphatic carboxylic acids is 1. The smallest absolute Gasteiger partial charge is 0.307 e. The van der Waals surface area contributed by atoms with Gasteiger partial charge in [-0.05, 0) is 37.2 Å². The third-order valence-corrected chi connectivity index (χ3v) is 4.77. The molecule has 0 heterocycles. The maximum atomic E-state index is 12.1. The van der Waals surface area contributed by atoms with E-state index in [0.717, 1.165) is 25.7 Å². The minimum atomic E-state index is -0.845. The van der Waals surface area contributed by atoms with E-state index in [1.54, 1.807) is 0 Å². The number of carbonyl (C=O) groups is 2. The Balaban J connectivity index is 1.55. The van der Waals surface area contributed by atoms with Crippen LogP contribution in [-0.4, -0.2) is 23.0 Å². The zero-order valence-electron chi connectivity index (χ0n) is 12.0. The van der Waals surface area contributed by atoms with Crippen molar-refractivity contribution in [3.63, 3.8) is 0 Å². The molecule has 1 amide bonds. The molecule has 4 heteroatoms. The average molecular weight is 287 g/mol. The van der Waals surface area contributed by atoms with Crippen molar-refractivity contribution in [1.29, 1.82) is 0 Å². The first-order valence-electron chi connectivity index (χ1n) is 7.72. The van der Waals surface area contributed by atoms with Gasteiger partial charge in [0, 0.05) is 6.04 Å². The molecule has 0 spiro atoms. The standard InChI is InChI=1S/C17H21NO3/c19-16(13-10-14(13)17(20)21)18-15-8-4-7-12(15)9-11-5-2-1-3-6-11/h1-3,5-6,12-15H,4,7-10H2,(H,18,19)(H,20,21). The maximum Gasteiger partial charge on any atom is 0.307 e. The molecule has 4 atom stereocenters. The number of rotatable bonds is 5. The van der Waals surface area contributed by atoms with Gasteiger partial charge in [0.05, 0.1) is 11.8 Å². The van der Waals surface area contributed by atoms with Crippen LogP contribution in [0, 0.1) is 17.8 Å². The Labute approximate surface area is 124 Å². The lowest BCUT2D eigenvalue weighted by molar-refractivity contribution is -0.140. The van der Waals surface area contributed by atoms with E-state index in [9.17, 15) is 9.59 Å². The molecule has 2 aliphatic carbocycles. The van der Waals surface area contributed by atoms with Gasteiger partial charge >= 0.3 is 5.97 Å². The van der Waals surface area contributed by atoms with E-state index >= 15 is 0 Å². The second-order valence-electron chi connectivity index (χ2n) is 6.28. The summed E-state index contributed by atoms with van der Waals surface area (Å²) in [6.45, 7) is 0. The molecule has 2 N–H and O–H groups in total. The highest BCUT2D eigenvalue weighted by molar-refractivity contribution is 5.89. The fraction of sp³-hybridized carbons (Fsp3) is 0.529. The van der Waals surface area contributed by atoms with Gasteiger partial charge in [-0.2, -0.15) is 0 Å². The molecule has 2 aliphatic rings. The van der Waals surface area contributed by atoms with Crippen LogP contribution in [0.1, 0.15) is 31.2 Å². The van der Waals surface area contributed by atoms with Crippen molar-refractivity contribution in [1.82, 2.24) is 5.32 Å². The highest BCUT2D eigenvalue weighted by atomic mass is 16.4. The van der Waals surface area contributed by atoms with Gasteiger partial charge in [-0.1, -0.05) is 36.8 Å². The Morgan fingerprint density at radius 2 is 1.90 bits per heavy atom. The van der Waals surface area contributed by atoms with Crippen molar-refractivity contribution < 1.29 is 14.7 Å². The molecule has 0 bridgehead atoms. The summed E-state index contributed by atoms with van der Waals surface area (Å²) in [5.41, 5.74) is 1.30. The minimum Gasteiger partial charge on any atom is -0.481 e. The second kappa shape index (κ2) is 5.88. The van der Waals surface area contributed by atoms with Gasteiger partial charge in [0.25, 0.3) is 0 Å². The van der Waals surface area contributed by atoms with Crippen LogP contribution in [0.5, 0.6) is 0 Å². The lowest BCUT2D eigenvalue weighted by Crippen LogP contribution is -2.39. The Kier molecular flexibility index (Phi) is 3.95. The number of nitrogens with one attached hydrogen (secondary N) is 1. The predicted molar refractivity (Wildman–Crippen MR) is 78.7 cm³/mol. The summed E-state index contributed by atoms with van der Waals surface area (Å²) in [4.78, 5) is 22.9. The SMILES string of the molecule is O=C(O)C1CC1C(=O)NC1CCCC1Cc1ccccc1. The molecule has 1 aromatic carbocycles. The van der Waals surface area contributed by atoms with Crippen LogP contribution in [0.4, 0.5) is 0 Å². The van der Waals surface area contributed by atoms with Crippen molar-refractivity contribution in [2.45, 2.75) is 38.1 Å². The first-order valence-corrected chi connectivity index (χ1v) is 7.72. The third kappa shape index (κ3) is 3.26. The molecular formula is C17H21NO3. The molecule has 2 fully saturated rings. The van der Waals surface area contributed by atoms with Gasteiger partial charge in [0.2, 0.25) is 5.91 Å². The molecule has 0 radical (unpaired) electrons. The number of carboxylic acid groups (broad SMARTS) is 1. The minimum absolute atomic E-state index is 0.0626. The lowest BCUT2D eigenvalue weighted by Gasteiger charge is -2.21. The highest BCUT2D eigenvalue weighted by Crippen LogP contribution is 2.39. The van der Waals surface area contributed by atoms with E-state index in [1.165, 1.54) is 5.56 Å². The molecule has 4 unspecified atom stereocenters. The van der Waals surface area contributed by atoms with Crippen LogP contribution in [0.15, 0.2) is 30.3 Å². The van der Waals surface area contributed by atoms with E-state index < -0.39 is 11.9 Å². The first kappa shape index (κ1) is 14.1. The summed E-state index contributed by atoms with van der Waals surface area (Å²) in [7, 11) is 0. The van der Waals surface area contributed by atoms with E-state index in [4.69, 9.17) is 5.11 Å². The summed E-state index contributed by atoms with van der Waals surface area (Å²) in [6, 6.07) is 10.5. The quantitative estimate of drug-likeness (QED) is 0.872. The normalized spacial score (nSPS) is 30.9. The Hall–Kier alpha value is -1.84. The monoisotopic (exact) mass is 287 g/mol. The van der Waals surface area contributed by atoms with Crippen molar-refractivity contribution in [3.05, 3.63) is 35.9 Å². The topological polar surface area (TPSA) is 66.4 Å². The van der Waals surface area contributed by atoms with Crippen LogP contribution < -0.4 is 5.32 Å². The molecule has 0 aliphatic heterocycles. The summed E-state index contributed by atoms with van der Waals surface area (Å²) in [6.07, 6.45) is 4.76. The molecule has 0 aromatic heterocycles.